The van der Waals surface area contributed by atoms with Crippen molar-refractivity contribution in [3.05, 3.63) is 16.8 Å². The summed E-state index contributed by atoms with van der Waals surface area (Å²) in [5.41, 5.74) is 2.63. The van der Waals surface area contributed by atoms with Crippen molar-refractivity contribution in [1.29, 1.82) is 0 Å². The third kappa shape index (κ3) is 2.24. The van der Waals surface area contributed by atoms with E-state index in [-0.39, 0.29) is 6.10 Å². The van der Waals surface area contributed by atoms with E-state index in [1.54, 1.807) is 18.4 Å². The number of ether oxygens (including phenoxy) is 1. The van der Waals surface area contributed by atoms with Crippen LogP contribution in [0, 0.1) is 6.92 Å². The van der Waals surface area contributed by atoms with Gasteiger partial charge in [-0.2, -0.15) is 0 Å². The molecule has 2 aromatic rings. The fourth-order valence-electron chi connectivity index (χ4n) is 1.77. The van der Waals surface area contributed by atoms with Gasteiger partial charge in [0.2, 0.25) is 0 Å². The molecule has 2 heterocycles. The Labute approximate surface area is 104 Å². The Bertz CT molecular complexity index is 521. The van der Waals surface area contributed by atoms with Crippen molar-refractivity contribution < 1.29 is 4.74 Å². The van der Waals surface area contributed by atoms with E-state index in [2.05, 4.69) is 15.4 Å². The second kappa shape index (κ2) is 4.95. The van der Waals surface area contributed by atoms with E-state index in [1.165, 1.54) is 4.88 Å². The summed E-state index contributed by atoms with van der Waals surface area (Å²) < 4.78 is 5.35. The third-order valence-corrected chi connectivity index (χ3v) is 3.56. The lowest BCUT2D eigenvalue weighted by Gasteiger charge is -2.12. The molecule has 0 amide bonds. The molecule has 0 bridgehead atoms. The first-order valence-corrected chi connectivity index (χ1v) is 6.28. The topological polar surface area (TPSA) is 73.1 Å². The van der Waals surface area contributed by atoms with E-state index in [0.29, 0.717) is 11.6 Å². The summed E-state index contributed by atoms with van der Waals surface area (Å²) in [5, 5.41) is 0.963. The number of nitrogen functional groups attached to an aromatic ring is 1. The largest absolute Gasteiger partial charge is 0.373 e. The van der Waals surface area contributed by atoms with Crippen LogP contribution < -0.4 is 11.3 Å². The van der Waals surface area contributed by atoms with Crippen LogP contribution in [0.4, 0.5) is 5.82 Å². The molecule has 6 heteroatoms. The van der Waals surface area contributed by atoms with Crippen LogP contribution in [0.1, 0.15) is 30.2 Å². The number of fused-ring (bicyclic) bond motifs is 1. The van der Waals surface area contributed by atoms with Crippen molar-refractivity contribution in [3.8, 4) is 0 Å². The molecule has 1 unspecified atom stereocenters. The van der Waals surface area contributed by atoms with Crippen LogP contribution >= 0.6 is 11.3 Å². The Morgan fingerprint density at radius 1 is 1.53 bits per heavy atom. The molecule has 0 saturated carbocycles. The van der Waals surface area contributed by atoms with E-state index in [4.69, 9.17) is 10.6 Å². The van der Waals surface area contributed by atoms with Gasteiger partial charge < -0.3 is 10.2 Å². The standard InChI is InChI=1S/C11H16N4OS/c1-4-8(16-3)10-13-9(15-12)7-5-6(2)17-11(7)14-10/h5,8H,4,12H2,1-3H3,(H,13,14,15). The van der Waals surface area contributed by atoms with Crippen molar-refractivity contribution in [2.75, 3.05) is 12.5 Å². The first kappa shape index (κ1) is 12.2. The molecule has 0 aliphatic rings. The zero-order valence-electron chi connectivity index (χ0n) is 10.2. The second-order valence-corrected chi connectivity index (χ2v) is 5.02. The molecule has 17 heavy (non-hydrogen) atoms. The summed E-state index contributed by atoms with van der Waals surface area (Å²) in [6, 6.07) is 2.03. The van der Waals surface area contributed by atoms with Gasteiger partial charge >= 0.3 is 0 Å². The molecule has 0 fully saturated rings. The quantitative estimate of drug-likeness (QED) is 0.645. The predicted molar refractivity (Wildman–Crippen MR) is 70.0 cm³/mol. The average Bonchev–Trinajstić information content (AvgIpc) is 2.70. The average molecular weight is 252 g/mol. The molecule has 2 rings (SSSR count). The zero-order valence-corrected chi connectivity index (χ0v) is 11.0. The highest BCUT2D eigenvalue weighted by Gasteiger charge is 2.16. The van der Waals surface area contributed by atoms with Gasteiger partial charge in [-0.25, -0.2) is 15.8 Å². The van der Waals surface area contributed by atoms with Crippen LogP contribution in [-0.2, 0) is 4.74 Å². The summed E-state index contributed by atoms with van der Waals surface area (Å²) in [7, 11) is 1.66. The number of hydrogen-bond donors (Lipinski definition) is 2. The molecule has 5 nitrogen and oxygen atoms in total. The van der Waals surface area contributed by atoms with Crippen LogP contribution in [0.5, 0.6) is 0 Å². The summed E-state index contributed by atoms with van der Waals surface area (Å²) >= 11 is 1.63. The number of aryl methyl sites for hydroxylation is 1. The van der Waals surface area contributed by atoms with Crippen molar-refractivity contribution >= 4 is 27.4 Å². The first-order valence-electron chi connectivity index (χ1n) is 5.47. The highest BCUT2D eigenvalue weighted by atomic mass is 32.1. The van der Waals surface area contributed by atoms with Crippen molar-refractivity contribution in [2.45, 2.75) is 26.4 Å². The normalized spacial score (nSPS) is 12.9. The fourth-order valence-corrected chi connectivity index (χ4v) is 2.65. The minimum atomic E-state index is -0.0890. The van der Waals surface area contributed by atoms with Gasteiger partial charge in [0.25, 0.3) is 0 Å². The van der Waals surface area contributed by atoms with Gasteiger partial charge in [-0.1, -0.05) is 6.92 Å². The maximum Gasteiger partial charge on any atom is 0.161 e. The molecule has 0 radical (unpaired) electrons. The van der Waals surface area contributed by atoms with Crippen LogP contribution in [0.2, 0.25) is 0 Å². The molecule has 3 N–H and O–H groups in total. The van der Waals surface area contributed by atoms with Crippen LogP contribution in [0.25, 0.3) is 10.2 Å². The number of aromatic nitrogens is 2. The maximum absolute atomic E-state index is 5.50. The van der Waals surface area contributed by atoms with Gasteiger partial charge in [0.15, 0.2) is 11.6 Å². The van der Waals surface area contributed by atoms with Gasteiger partial charge in [0, 0.05) is 12.0 Å². The molecular formula is C11H16N4OS. The number of hydrogen-bond acceptors (Lipinski definition) is 6. The Morgan fingerprint density at radius 3 is 2.88 bits per heavy atom. The summed E-state index contributed by atoms with van der Waals surface area (Å²) in [6.07, 6.45) is 0.741. The molecule has 2 aromatic heterocycles. The number of rotatable bonds is 4. The number of nitrogens with zero attached hydrogens (tertiary/aromatic N) is 2. The highest BCUT2D eigenvalue weighted by Crippen LogP contribution is 2.30. The lowest BCUT2D eigenvalue weighted by molar-refractivity contribution is 0.0930. The fraction of sp³-hybridized carbons (Fsp3) is 0.455. The predicted octanol–water partition coefficient (Wildman–Crippen LogP) is 2.38. The SMILES string of the molecule is CCC(OC)c1nc(NN)c2cc(C)sc2n1. The van der Waals surface area contributed by atoms with Crippen molar-refractivity contribution in [2.24, 2.45) is 5.84 Å². The number of hydrazine groups is 1. The Morgan fingerprint density at radius 2 is 2.29 bits per heavy atom. The van der Waals surface area contributed by atoms with Crippen LogP contribution in [0.3, 0.4) is 0 Å². The van der Waals surface area contributed by atoms with Crippen LogP contribution in [0.15, 0.2) is 6.07 Å². The Kier molecular flexibility index (Phi) is 3.56. The maximum atomic E-state index is 5.50. The van der Waals surface area contributed by atoms with E-state index in [9.17, 15) is 0 Å². The minimum absolute atomic E-state index is 0.0890. The molecule has 0 aromatic carbocycles. The van der Waals surface area contributed by atoms with Gasteiger partial charge in [0.05, 0.1) is 5.39 Å². The van der Waals surface area contributed by atoms with Crippen molar-refractivity contribution in [1.82, 2.24) is 9.97 Å². The third-order valence-electron chi connectivity index (χ3n) is 2.61. The van der Waals surface area contributed by atoms with Gasteiger partial charge in [-0.3, -0.25) is 0 Å². The lowest BCUT2D eigenvalue weighted by Crippen LogP contribution is -2.13. The van der Waals surface area contributed by atoms with Crippen LogP contribution in [-0.4, -0.2) is 17.1 Å². The number of nitrogens with two attached hydrogens (primary N) is 1. The number of methoxy groups -OCH3 is 1. The minimum Gasteiger partial charge on any atom is -0.373 e. The van der Waals surface area contributed by atoms with Gasteiger partial charge in [-0.05, 0) is 19.4 Å². The highest BCUT2D eigenvalue weighted by molar-refractivity contribution is 7.18. The summed E-state index contributed by atoms with van der Waals surface area (Å²) in [5.74, 6) is 6.84. The number of anilines is 1. The first-order chi connectivity index (χ1) is 8.19. The number of nitrogens with one attached hydrogen (secondary N) is 1. The van der Waals surface area contributed by atoms with E-state index in [0.717, 1.165) is 16.6 Å². The lowest BCUT2D eigenvalue weighted by atomic mass is 10.2. The van der Waals surface area contributed by atoms with E-state index < -0.39 is 0 Å². The number of thiophene rings is 1. The van der Waals surface area contributed by atoms with Crippen molar-refractivity contribution in [3.63, 3.8) is 0 Å². The molecule has 0 aliphatic heterocycles. The van der Waals surface area contributed by atoms with E-state index >= 15 is 0 Å². The van der Waals surface area contributed by atoms with E-state index in [1.807, 2.05) is 19.9 Å². The second-order valence-electron chi connectivity index (χ2n) is 3.78. The molecular weight excluding hydrogens is 236 g/mol. The molecule has 0 saturated heterocycles. The zero-order chi connectivity index (χ0) is 12.4. The Hall–Kier alpha value is -1.24. The summed E-state index contributed by atoms with van der Waals surface area (Å²) in [6.45, 7) is 4.08. The monoisotopic (exact) mass is 252 g/mol. The molecule has 0 aliphatic carbocycles. The summed E-state index contributed by atoms with van der Waals surface area (Å²) in [4.78, 5) is 11.1. The molecule has 0 spiro atoms. The Balaban J connectivity index is 2.58. The smallest absolute Gasteiger partial charge is 0.161 e. The van der Waals surface area contributed by atoms with Gasteiger partial charge in [0.1, 0.15) is 10.9 Å². The van der Waals surface area contributed by atoms with Gasteiger partial charge in [-0.15, -0.1) is 11.3 Å². The molecule has 1 atom stereocenters. The molecule has 92 valence electrons.